The van der Waals surface area contributed by atoms with Gasteiger partial charge >= 0.3 is 0 Å². The summed E-state index contributed by atoms with van der Waals surface area (Å²) in [5.41, 5.74) is 0. The van der Waals surface area contributed by atoms with E-state index in [1.807, 2.05) is 0 Å². The fraction of sp³-hybridized carbons (Fsp3) is 0.846. The van der Waals surface area contributed by atoms with E-state index in [1.54, 1.807) is 0 Å². The van der Waals surface area contributed by atoms with Gasteiger partial charge in [0.15, 0.2) is 0 Å². The number of hydrogen-bond acceptors (Lipinski definition) is 0. The average molecular weight is 363 g/mol. The molecule has 0 aromatic carbocycles. The molecule has 0 unspecified atom stereocenters. The molecule has 0 spiro atoms. The van der Waals surface area contributed by atoms with Gasteiger partial charge in [-0.3, -0.25) is 0 Å². The van der Waals surface area contributed by atoms with Crippen LogP contribution in [0, 0.1) is 0 Å². The smallest absolute Gasteiger partial charge is 0.0351 e. The highest BCUT2D eigenvalue weighted by Crippen LogP contribution is 2.14. The average Bonchev–Trinajstić information content (AvgIpc) is 2.66. The van der Waals surface area contributed by atoms with Gasteiger partial charge < -0.3 is 0 Å². The molecule has 154 valence electrons. The zero-order valence-corrected chi connectivity index (χ0v) is 18.5. The van der Waals surface area contributed by atoms with E-state index in [2.05, 4.69) is 38.2 Å². The van der Waals surface area contributed by atoms with Crippen molar-refractivity contribution in [2.24, 2.45) is 0 Å². The molecule has 0 aliphatic heterocycles. The van der Waals surface area contributed by atoms with Gasteiger partial charge in [0.1, 0.15) is 0 Å². The van der Waals surface area contributed by atoms with Crippen molar-refractivity contribution in [1.82, 2.24) is 0 Å². The van der Waals surface area contributed by atoms with E-state index in [1.165, 1.54) is 128 Å². The van der Waals surface area contributed by atoms with Crippen molar-refractivity contribution in [2.45, 2.75) is 142 Å². The molecule has 26 heavy (non-hydrogen) atoms. The van der Waals surface area contributed by atoms with Crippen LogP contribution < -0.4 is 0 Å². The standard InChI is InChI=1S/C26H50/c1-3-5-7-9-11-13-15-17-19-21-23-25-26-24-22-20-18-16-14-12-10-8-6-4-2/h7-10H,3-6,11-26H2,1-2H3. The fourth-order valence-electron chi connectivity index (χ4n) is 3.45. The van der Waals surface area contributed by atoms with Crippen molar-refractivity contribution >= 4 is 0 Å². The van der Waals surface area contributed by atoms with Crippen LogP contribution in [0.1, 0.15) is 142 Å². The molecule has 0 amide bonds. The van der Waals surface area contributed by atoms with Gasteiger partial charge in [0.05, 0.1) is 0 Å². The van der Waals surface area contributed by atoms with Gasteiger partial charge in [-0.15, -0.1) is 0 Å². The molecule has 0 aliphatic rings. The van der Waals surface area contributed by atoms with E-state index >= 15 is 0 Å². The van der Waals surface area contributed by atoms with E-state index in [0.717, 1.165) is 0 Å². The van der Waals surface area contributed by atoms with Gasteiger partial charge in [-0.05, 0) is 38.5 Å². The summed E-state index contributed by atoms with van der Waals surface area (Å²) in [5.74, 6) is 0. The number of hydrogen-bond donors (Lipinski definition) is 0. The first-order valence-corrected chi connectivity index (χ1v) is 12.2. The van der Waals surface area contributed by atoms with E-state index < -0.39 is 0 Å². The van der Waals surface area contributed by atoms with Crippen LogP contribution in [0.15, 0.2) is 24.3 Å². The van der Waals surface area contributed by atoms with E-state index in [9.17, 15) is 0 Å². The summed E-state index contributed by atoms with van der Waals surface area (Å²) in [6, 6.07) is 0. The molecular formula is C26H50. The maximum Gasteiger partial charge on any atom is -0.0351 e. The molecular weight excluding hydrogens is 312 g/mol. The Morgan fingerprint density at radius 1 is 0.308 bits per heavy atom. The Hall–Kier alpha value is -0.520. The second kappa shape index (κ2) is 24.5. The Bertz CT molecular complexity index is 256. The molecule has 0 radical (unpaired) electrons. The quantitative estimate of drug-likeness (QED) is 0.141. The lowest BCUT2D eigenvalue weighted by Crippen LogP contribution is -1.83. The SMILES string of the molecule is CCCC=CCCCCCCCCCCCCCCCCC=CCCC. The zero-order chi connectivity index (χ0) is 19.0. The largest absolute Gasteiger partial charge is 0.0885 e. The first kappa shape index (κ1) is 25.5. The maximum atomic E-state index is 2.38. The van der Waals surface area contributed by atoms with Gasteiger partial charge in [-0.1, -0.05) is 128 Å². The van der Waals surface area contributed by atoms with E-state index in [-0.39, 0.29) is 0 Å². The molecule has 0 aromatic rings. The third kappa shape index (κ3) is 23.5. The van der Waals surface area contributed by atoms with Gasteiger partial charge in [-0.25, -0.2) is 0 Å². The van der Waals surface area contributed by atoms with Crippen molar-refractivity contribution < 1.29 is 0 Å². The van der Waals surface area contributed by atoms with Crippen molar-refractivity contribution in [2.75, 3.05) is 0 Å². The first-order valence-electron chi connectivity index (χ1n) is 12.2. The van der Waals surface area contributed by atoms with Gasteiger partial charge in [0, 0.05) is 0 Å². The summed E-state index contributed by atoms with van der Waals surface area (Å²) >= 11 is 0. The van der Waals surface area contributed by atoms with Crippen LogP contribution in [0.25, 0.3) is 0 Å². The Labute approximate surface area is 166 Å². The molecule has 0 heteroatoms. The summed E-state index contributed by atoms with van der Waals surface area (Å²) in [7, 11) is 0. The first-order chi connectivity index (χ1) is 12.9. The molecule has 0 nitrogen and oxygen atoms in total. The number of unbranched alkanes of at least 4 members (excludes halogenated alkanes) is 17. The van der Waals surface area contributed by atoms with Crippen LogP contribution in [-0.4, -0.2) is 0 Å². The van der Waals surface area contributed by atoms with Gasteiger partial charge in [-0.2, -0.15) is 0 Å². The molecule has 0 rings (SSSR count). The highest BCUT2D eigenvalue weighted by Gasteiger charge is 1.94. The van der Waals surface area contributed by atoms with Crippen LogP contribution in [0.4, 0.5) is 0 Å². The predicted molar refractivity (Wildman–Crippen MR) is 122 cm³/mol. The number of allylic oxidation sites excluding steroid dienone is 4. The van der Waals surface area contributed by atoms with Crippen molar-refractivity contribution in [3.8, 4) is 0 Å². The molecule has 0 atom stereocenters. The highest BCUT2D eigenvalue weighted by atomic mass is 14.0. The van der Waals surface area contributed by atoms with Crippen LogP contribution >= 0.6 is 0 Å². The monoisotopic (exact) mass is 362 g/mol. The normalized spacial score (nSPS) is 11.9. The third-order valence-electron chi connectivity index (χ3n) is 5.24. The molecule has 0 aliphatic carbocycles. The topological polar surface area (TPSA) is 0 Å². The maximum absolute atomic E-state index is 2.38. The Balaban J connectivity index is 3.03. The summed E-state index contributed by atoms with van der Waals surface area (Å²) < 4.78 is 0. The summed E-state index contributed by atoms with van der Waals surface area (Å²) in [5, 5.41) is 0. The highest BCUT2D eigenvalue weighted by molar-refractivity contribution is 4.81. The van der Waals surface area contributed by atoms with E-state index in [4.69, 9.17) is 0 Å². The van der Waals surface area contributed by atoms with Crippen molar-refractivity contribution in [1.29, 1.82) is 0 Å². The van der Waals surface area contributed by atoms with Gasteiger partial charge in [0.2, 0.25) is 0 Å². The van der Waals surface area contributed by atoms with E-state index in [0.29, 0.717) is 0 Å². The van der Waals surface area contributed by atoms with Gasteiger partial charge in [0.25, 0.3) is 0 Å². The minimum Gasteiger partial charge on any atom is -0.0885 e. The predicted octanol–water partition coefficient (Wildman–Crippen LogP) is 9.94. The minimum absolute atomic E-state index is 1.26. The van der Waals surface area contributed by atoms with Crippen LogP contribution in [-0.2, 0) is 0 Å². The summed E-state index contributed by atoms with van der Waals surface area (Å²) in [4.78, 5) is 0. The molecule has 0 saturated carbocycles. The second-order valence-electron chi connectivity index (χ2n) is 8.05. The molecule has 0 N–H and O–H groups in total. The molecule has 0 bridgehead atoms. The molecule has 0 saturated heterocycles. The molecule has 0 heterocycles. The lowest BCUT2D eigenvalue weighted by atomic mass is 10.0. The Morgan fingerprint density at radius 2 is 0.538 bits per heavy atom. The van der Waals surface area contributed by atoms with Crippen molar-refractivity contribution in [3.63, 3.8) is 0 Å². The van der Waals surface area contributed by atoms with Crippen LogP contribution in [0.3, 0.4) is 0 Å². The Morgan fingerprint density at radius 3 is 0.808 bits per heavy atom. The summed E-state index contributed by atoms with van der Waals surface area (Å²) in [6.07, 6.45) is 37.5. The van der Waals surface area contributed by atoms with Crippen LogP contribution in [0.2, 0.25) is 0 Å². The molecule has 0 fully saturated rings. The Kier molecular flexibility index (Phi) is 24.0. The second-order valence-corrected chi connectivity index (χ2v) is 8.05. The zero-order valence-electron chi connectivity index (χ0n) is 18.5. The third-order valence-corrected chi connectivity index (χ3v) is 5.24. The lowest BCUT2D eigenvalue weighted by molar-refractivity contribution is 0.534. The number of rotatable bonds is 21. The van der Waals surface area contributed by atoms with Crippen molar-refractivity contribution in [3.05, 3.63) is 24.3 Å². The molecule has 0 aromatic heterocycles. The van der Waals surface area contributed by atoms with Crippen LogP contribution in [0.5, 0.6) is 0 Å². The summed E-state index contributed by atoms with van der Waals surface area (Å²) in [6.45, 7) is 4.50. The minimum atomic E-state index is 1.26. The fourth-order valence-corrected chi connectivity index (χ4v) is 3.45. The lowest BCUT2D eigenvalue weighted by Gasteiger charge is -2.03.